The van der Waals surface area contributed by atoms with Crippen molar-refractivity contribution in [1.29, 1.82) is 0 Å². The molecule has 0 bridgehead atoms. The molecule has 1 aliphatic rings. The van der Waals surface area contributed by atoms with E-state index in [4.69, 9.17) is 4.74 Å². The summed E-state index contributed by atoms with van der Waals surface area (Å²) in [6, 6.07) is 0.474. The normalized spacial score (nSPS) is 19.5. The number of morpholine rings is 1. The van der Waals surface area contributed by atoms with Crippen LogP contribution in [0, 0.1) is 11.8 Å². The van der Waals surface area contributed by atoms with Crippen molar-refractivity contribution in [2.45, 2.75) is 45.2 Å². The van der Waals surface area contributed by atoms with Gasteiger partial charge in [-0.25, -0.2) is 0 Å². The minimum atomic E-state index is 0.161. The average Bonchev–Trinajstić information content (AvgIpc) is 2.35. The van der Waals surface area contributed by atoms with Gasteiger partial charge in [0.2, 0.25) is 0 Å². The van der Waals surface area contributed by atoms with Crippen LogP contribution in [-0.2, 0) is 4.74 Å². The lowest BCUT2D eigenvalue weighted by molar-refractivity contribution is -0.0232. The first-order chi connectivity index (χ1) is 8.12. The monoisotopic (exact) mass is 238 g/mol. The summed E-state index contributed by atoms with van der Waals surface area (Å²) in [6.45, 7) is 10.3. The second kappa shape index (κ2) is 7.00. The molecular formula is C14H26N2O. The maximum absolute atomic E-state index is 5.42. The summed E-state index contributed by atoms with van der Waals surface area (Å²) in [6.07, 6.45) is 2.07. The van der Waals surface area contributed by atoms with Gasteiger partial charge >= 0.3 is 0 Å². The Kier molecular flexibility index (Phi) is 5.97. The fourth-order valence-electron chi connectivity index (χ4n) is 2.55. The first-order valence-electron chi connectivity index (χ1n) is 6.52. The highest BCUT2D eigenvalue weighted by Gasteiger charge is 2.34. The van der Waals surface area contributed by atoms with Crippen molar-refractivity contribution in [2.75, 3.05) is 33.4 Å². The van der Waals surface area contributed by atoms with Crippen LogP contribution >= 0.6 is 0 Å². The summed E-state index contributed by atoms with van der Waals surface area (Å²) in [4.78, 5) is 2.52. The Balaban J connectivity index is 2.58. The predicted octanol–water partition coefficient (Wildman–Crippen LogP) is 1.49. The van der Waals surface area contributed by atoms with Crippen molar-refractivity contribution < 1.29 is 4.74 Å². The van der Waals surface area contributed by atoms with E-state index in [1.54, 1.807) is 0 Å². The van der Waals surface area contributed by atoms with Gasteiger partial charge in [0.25, 0.3) is 0 Å². The molecule has 0 aromatic carbocycles. The molecule has 1 aliphatic heterocycles. The molecule has 98 valence electrons. The predicted molar refractivity (Wildman–Crippen MR) is 72.0 cm³/mol. The van der Waals surface area contributed by atoms with Crippen molar-refractivity contribution in [3.63, 3.8) is 0 Å². The number of hydrogen-bond acceptors (Lipinski definition) is 3. The van der Waals surface area contributed by atoms with Crippen molar-refractivity contribution in [2.24, 2.45) is 0 Å². The highest BCUT2D eigenvalue weighted by Crippen LogP contribution is 2.23. The molecule has 1 unspecified atom stereocenters. The Morgan fingerprint density at radius 2 is 2.00 bits per heavy atom. The molecule has 0 aromatic rings. The molecule has 1 fully saturated rings. The van der Waals surface area contributed by atoms with Crippen LogP contribution < -0.4 is 5.32 Å². The summed E-state index contributed by atoms with van der Waals surface area (Å²) in [5, 5.41) is 3.45. The van der Waals surface area contributed by atoms with Crippen LogP contribution in [0.1, 0.15) is 33.6 Å². The Labute approximate surface area is 106 Å². The smallest absolute Gasteiger partial charge is 0.0594 e. The van der Waals surface area contributed by atoms with Crippen LogP contribution in [0.3, 0.4) is 0 Å². The van der Waals surface area contributed by atoms with E-state index in [0.29, 0.717) is 6.04 Å². The minimum absolute atomic E-state index is 0.161. The van der Waals surface area contributed by atoms with Gasteiger partial charge in [-0.1, -0.05) is 0 Å². The molecule has 3 heteroatoms. The summed E-state index contributed by atoms with van der Waals surface area (Å²) >= 11 is 0. The Morgan fingerprint density at radius 3 is 2.53 bits per heavy atom. The molecule has 0 saturated carbocycles. The summed E-state index contributed by atoms with van der Waals surface area (Å²) < 4.78 is 5.42. The van der Waals surface area contributed by atoms with Gasteiger partial charge in [-0.3, -0.25) is 4.90 Å². The molecule has 0 amide bonds. The molecule has 0 aliphatic carbocycles. The zero-order valence-corrected chi connectivity index (χ0v) is 11.7. The van der Waals surface area contributed by atoms with E-state index in [9.17, 15) is 0 Å². The van der Waals surface area contributed by atoms with Gasteiger partial charge < -0.3 is 10.1 Å². The van der Waals surface area contributed by atoms with Gasteiger partial charge in [-0.2, -0.15) is 0 Å². The first-order valence-corrected chi connectivity index (χ1v) is 6.52. The highest BCUT2D eigenvalue weighted by molar-refractivity contribution is 4.99. The number of hydrogen-bond donors (Lipinski definition) is 1. The Morgan fingerprint density at radius 1 is 1.35 bits per heavy atom. The average molecular weight is 238 g/mol. The number of rotatable bonds is 5. The number of nitrogens with zero attached hydrogens (tertiary/aromatic N) is 1. The van der Waals surface area contributed by atoms with Gasteiger partial charge in [-0.15, -0.1) is 11.8 Å². The number of likely N-dealkylation sites (N-methyl/N-ethyl adjacent to an activating group) is 1. The number of nitrogens with one attached hydrogen (secondary N) is 1. The molecule has 1 saturated heterocycles. The van der Waals surface area contributed by atoms with Gasteiger partial charge in [0.15, 0.2) is 0 Å². The third kappa shape index (κ3) is 3.99. The maximum Gasteiger partial charge on any atom is 0.0594 e. The molecule has 0 aromatic heterocycles. The standard InChI is InChI=1S/C14H26N2O/c1-5-6-7-8-13(15-4)14(2,3)16-9-11-17-12-10-16/h13,15H,7-12H2,1-4H3. The van der Waals surface area contributed by atoms with Gasteiger partial charge in [0, 0.05) is 31.1 Å². The van der Waals surface area contributed by atoms with Crippen LogP contribution in [0.4, 0.5) is 0 Å². The molecule has 17 heavy (non-hydrogen) atoms. The van der Waals surface area contributed by atoms with E-state index in [-0.39, 0.29) is 5.54 Å². The molecule has 1 atom stereocenters. The summed E-state index contributed by atoms with van der Waals surface area (Å²) in [5.41, 5.74) is 0.161. The van der Waals surface area contributed by atoms with E-state index < -0.39 is 0 Å². The van der Waals surface area contributed by atoms with Crippen LogP contribution in [0.15, 0.2) is 0 Å². The number of ether oxygens (including phenoxy) is 1. The third-order valence-electron chi connectivity index (χ3n) is 3.76. The van der Waals surface area contributed by atoms with Crippen molar-refractivity contribution in [1.82, 2.24) is 10.2 Å². The van der Waals surface area contributed by atoms with E-state index in [2.05, 4.69) is 35.9 Å². The van der Waals surface area contributed by atoms with Crippen LogP contribution in [-0.4, -0.2) is 49.8 Å². The van der Waals surface area contributed by atoms with Gasteiger partial charge in [-0.05, 0) is 34.2 Å². The van der Waals surface area contributed by atoms with Crippen molar-refractivity contribution in [3.8, 4) is 11.8 Å². The molecule has 1 rings (SSSR count). The molecule has 1 heterocycles. The largest absolute Gasteiger partial charge is 0.379 e. The SMILES string of the molecule is CC#CCCC(NC)C(C)(C)N1CCOCC1. The van der Waals surface area contributed by atoms with Crippen LogP contribution in [0.2, 0.25) is 0 Å². The Bertz CT molecular complexity index is 272. The first kappa shape index (κ1) is 14.5. The second-order valence-corrected chi connectivity index (χ2v) is 5.06. The third-order valence-corrected chi connectivity index (χ3v) is 3.76. The van der Waals surface area contributed by atoms with Crippen molar-refractivity contribution in [3.05, 3.63) is 0 Å². The molecule has 0 spiro atoms. The fourth-order valence-corrected chi connectivity index (χ4v) is 2.55. The fraction of sp³-hybridized carbons (Fsp3) is 0.857. The zero-order chi connectivity index (χ0) is 12.7. The summed E-state index contributed by atoms with van der Waals surface area (Å²) in [7, 11) is 2.05. The molecule has 0 radical (unpaired) electrons. The van der Waals surface area contributed by atoms with E-state index >= 15 is 0 Å². The molecule has 1 N–H and O–H groups in total. The van der Waals surface area contributed by atoms with Crippen LogP contribution in [0.5, 0.6) is 0 Å². The lowest BCUT2D eigenvalue weighted by Gasteiger charge is -2.45. The van der Waals surface area contributed by atoms with Gasteiger partial charge in [0.05, 0.1) is 13.2 Å². The van der Waals surface area contributed by atoms with E-state index in [1.165, 1.54) is 0 Å². The van der Waals surface area contributed by atoms with Crippen LogP contribution in [0.25, 0.3) is 0 Å². The lowest BCUT2D eigenvalue weighted by atomic mass is 9.88. The topological polar surface area (TPSA) is 24.5 Å². The van der Waals surface area contributed by atoms with Crippen molar-refractivity contribution >= 4 is 0 Å². The summed E-state index contributed by atoms with van der Waals surface area (Å²) in [5.74, 6) is 6.12. The maximum atomic E-state index is 5.42. The zero-order valence-electron chi connectivity index (χ0n) is 11.7. The van der Waals surface area contributed by atoms with Gasteiger partial charge in [0.1, 0.15) is 0 Å². The second-order valence-electron chi connectivity index (χ2n) is 5.06. The molecular weight excluding hydrogens is 212 g/mol. The lowest BCUT2D eigenvalue weighted by Crippen LogP contribution is -2.59. The molecule has 3 nitrogen and oxygen atoms in total. The highest BCUT2D eigenvalue weighted by atomic mass is 16.5. The van der Waals surface area contributed by atoms with E-state index in [0.717, 1.165) is 39.1 Å². The quantitative estimate of drug-likeness (QED) is 0.734. The van der Waals surface area contributed by atoms with E-state index in [1.807, 2.05) is 14.0 Å². The Hall–Kier alpha value is -0.560. The minimum Gasteiger partial charge on any atom is -0.379 e.